The second-order valence-corrected chi connectivity index (χ2v) is 4.60. The SMILES string of the molecule is O=C(O)c1ccccc1/C=C/c1ccccc1-c1conn1. The van der Waals surface area contributed by atoms with Crippen LogP contribution in [-0.2, 0) is 0 Å². The van der Waals surface area contributed by atoms with E-state index in [0.29, 0.717) is 11.3 Å². The first-order chi connectivity index (χ1) is 10.8. The molecular weight excluding hydrogens is 280 g/mol. The zero-order valence-electron chi connectivity index (χ0n) is 11.5. The number of carbonyl (C=O) groups is 1. The van der Waals surface area contributed by atoms with E-state index < -0.39 is 5.97 Å². The van der Waals surface area contributed by atoms with Gasteiger partial charge < -0.3 is 9.63 Å². The Balaban J connectivity index is 2.00. The lowest BCUT2D eigenvalue weighted by Gasteiger charge is -2.03. The van der Waals surface area contributed by atoms with Crippen molar-refractivity contribution < 1.29 is 14.4 Å². The maximum Gasteiger partial charge on any atom is 0.336 e. The first-order valence-electron chi connectivity index (χ1n) is 6.62. The Hall–Kier alpha value is -3.21. The van der Waals surface area contributed by atoms with Gasteiger partial charge in [-0.05, 0) is 17.2 Å². The summed E-state index contributed by atoms with van der Waals surface area (Å²) in [5.41, 5.74) is 3.31. The maximum atomic E-state index is 11.2. The summed E-state index contributed by atoms with van der Waals surface area (Å²) in [4.78, 5) is 11.2. The third kappa shape index (κ3) is 2.78. The van der Waals surface area contributed by atoms with Crippen LogP contribution in [0, 0.1) is 0 Å². The Morgan fingerprint density at radius 1 is 1.00 bits per heavy atom. The molecule has 0 aliphatic rings. The second kappa shape index (κ2) is 6.05. The molecule has 5 nitrogen and oxygen atoms in total. The van der Waals surface area contributed by atoms with Crippen LogP contribution in [-0.4, -0.2) is 21.4 Å². The maximum absolute atomic E-state index is 11.2. The third-order valence-electron chi connectivity index (χ3n) is 3.23. The van der Waals surface area contributed by atoms with E-state index in [2.05, 4.69) is 10.4 Å². The fourth-order valence-electron chi connectivity index (χ4n) is 2.17. The lowest BCUT2D eigenvalue weighted by atomic mass is 10.0. The number of aromatic carboxylic acids is 1. The van der Waals surface area contributed by atoms with E-state index >= 15 is 0 Å². The number of benzene rings is 2. The van der Waals surface area contributed by atoms with Crippen LogP contribution < -0.4 is 0 Å². The Kier molecular flexibility index (Phi) is 3.78. The number of nitrogens with zero attached hydrogens (tertiary/aromatic N) is 2. The van der Waals surface area contributed by atoms with Gasteiger partial charge in [-0.1, -0.05) is 54.6 Å². The quantitative estimate of drug-likeness (QED) is 0.743. The van der Waals surface area contributed by atoms with Crippen molar-refractivity contribution in [1.29, 1.82) is 0 Å². The first-order valence-corrected chi connectivity index (χ1v) is 6.62. The van der Waals surface area contributed by atoms with Gasteiger partial charge in [0.25, 0.3) is 0 Å². The van der Waals surface area contributed by atoms with Gasteiger partial charge in [0.1, 0.15) is 5.69 Å². The average molecular weight is 292 g/mol. The van der Waals surface area contributed by atoms with E-state index in [1.165, 1.54) is 6.26 Å². The Bertz CT molecular complexity index is 823. The third-order valence-corrected chi connectivity index (χ3v) is 3.23. The Labute approximate surface area is 126 Å². The smallest absolute Gasteiger partial charge is 0.336 e. The zero-order chi connectivity index (χ0) is 15.4. The summed E-state index contributed by atoms with van der Waals surface area (Å²) in [5, 5.41) is 16.6. The number of aromatic nitrogens is 2. The van der Waals surface area contributed by atoms with Crippen LogP contribution in [0.2, 0.25) is 0 Å². The molecule has 0 unspecified atom stereocenters. The van der Waals surface area contributed by atoms with Crippen molar-refractivity contribution in [2.45, 2.75) is 0 Å². The van der Waals surface area contributed by atoms with Gasteiger partial charge in [0, 0.05) is 10.8 Å². The van der Waals surface area contributed by atoms with Gasteiger partial charge in [0.15, 0.2) is 6.26 Å². The van der Waals surface area contributed by atoms with E-state index in [1.807, 2.05) is 30.3 Å². The van der Waals surface area contributed by atoms with E-state index in [9.17, 15) is 9.90 Å². The van der Waals surface area contributed by atoms with Crippen LogP contribution >= 0.6 is 0 Å². The molecule has 0 saturated heterocycles. The van der Waals surface area contributed by atoms with E-state index in [1.54, 1.807) is 30.3 Å². The van der Waals surface area contributed by atoms with Gasteiger partial charge in [-0.15, -0.1) is 5.10 Å². The molecule has 3 aromatic rings. The highest BCUT2D eigenvalue weighted by Gasteiger charge is 2.08. The van der Waals surface area contributed by atoms with Crippen molar-refractivity contribution in [3.8, 4) is 11.3 Å². The number of hydrogen-bond acceptors (Lipinski definition) is 4. The number of rotatable bonds is 4. The summed E-state index contributed by atoms with van der Waals surface area (Å²) in [5.74, 6) is -0.950. The summed E-state index contributed by atoms with van der Waals surface area (Å²) in [6, 6.07) is 14.5. The Morgan fingerprint density at radius 3 is 2.41 bits per heavy atom. The van der Waals surface area contributed by atoms with Crippen molar-refractivity contribution in [3.05, 3.63) is 71.5 Å². The highest BCUT2D eigenvalue weighted by molar-refractivity contribution is 5.94. The second-order valence-electron chi connectivity index (χ2n) is 4.60. The molecule has 3 rings (SSSR count). The predicted molar refractivity (Wildman–Crippen MR) is 82.1 cm³/mol. The lowest BCUT2D eigenvalue weighted by Crippen LogP contribution is -1.98. The lowest BCUT2D eigenvalue weighted by molar-refractivity contribution is 0.0696. The summed E-state index contributed by atoms with van der Waals surface area (Å²) in [6.07, 6.45) is 5.10. The van der Waals surface area contributed by atoms with Gasteiger partial charge in [-0.2, -0.15) is 0 Å². The van der Waals surface area contributed by atoms with Gasteiger partial charge >= 0.3 is 5.97 Å². The molecule has 0 bridgehead atoms. The number of carboxylic acids is 1. The highest BCUT2D eigenvalue weighted by atomic mass is 16.5. The highest BCUT2D eigenvalue weighted by Crippen LogP contribution is 2.23. The molecule has 108 valence electrons. The van der Waals surface area contributed by atoms with Crippen LogP contribution in [0.4, 0.5) is 0 Å². The molecular formula is C17H12N2O3. The monoisotopic (exact) mass is 292 g/mol. The molecule has 1 aromatic heterocycles. The fourth-order valence-corrected chi connectivity index (χ4v) is 2.17. The first kappa shape index (κ1) is 13.8. The molecule has 1 N–H and O–H groups in total. The molecule has 0 radical (unpaired) electrons. The van der Waals surface area contributed by atoms with Crippen LogP contribution in [0.15, 0.2) is 59.3 Å². The van der Waals surface area contributed by atoms with Gasteiger partial charge in [-0.3, -0.25) is 0 Å². The Morgan fingerprint density at radius 2 is 1.68 bits per heavy atom. The van der Waals surface area contributed by atoms with Crippen molar-refractivity contribution >= 4 is 18.1 Å². The molecule has 0 aliphatic carbocycles. The molecule has 0 atom stereocenters. The van der Waals surface area contributed by atoms with Crippen molar-refractivity contribution in [3.63, 3.8) is 0 Å². The average Bonchev–Trinajstić information content (AvgIpc) is 3.07. The molecule has 2 aromatic carbocycles. The molecule has 0 fully saturated rings. The molecule has 0 aliphatic heterocycles. The van der Waals surface area contributed by atoms with Gasteiger partial charge in [0.2, 0.25) is 0 Å². The largest absolute Gasteiger partial charge is 0.478 e. The number of carboxylic acid groups (broad SMARTS) is 1. The van der Waals surface area contributed by atoms with Gasteiger partial charge in [-0.25, -0.2) is 4.79 Å². The van der Waals surface area contributed by atoms with Crippen LogP contribution in [0.25, 0.3) is 23.4 Å². The number of hydrogen-bond donors (Lipinski definition) is 1. The molecule has 0 saturated carbocycles. The standard InChI is InChI=1S/C17H12N2O3/c20-17(21)15-8-4-2-6-13(15)10-9-12-5-1-3-7-14(12)16-11-22-19-18-16/h1-11H,(H,20,21)/b10-9+. The minimum Gasteiger partial charge on any atom is -0.478 e. The van der Waals surface area contributed by atoms with E-state index in [0.717, 1.165) is 11.1 Å². The van der Waals surface area contributed by atoms with Crippen LogP contribution in [0.1, 0.15) is 21.5 Å². The molecule has 1 heterocycles. The molecule has 5 heteroatoms. The minimum atomic E-state index is -0.950. The fraction of sp³-hybridized carbons (Fsp3) is 0. The normalized spacial score (nSPS) is 10.9. The summed E-state index contributed by atoms with van der Waals surface area (Å²) in [6.45, 7) is 0. The molecule has 22 heavy (non-hydrogen) atoms. The summed E-state index contributed by atoms with van der Waals surface area (Å²) < 4.78 is 4.77. The predicted octanol–water partition coefficient (Wildman–Crippen LogP) is 3.61. The molecule has 0 spiro atoms. The topological polar surface area (TPSA) is 76.2 Å². The van der Waals surface area contributed by atoms with Crippen molar-refractivity contribution in [1.82, 2.24) is 10.4 Å². The molecule has 0 amide bonds. The zero-order valence-corrected chi connectivity index (χ0v) is 11.5. The summed E-state index contributed by atoms with van der Waals surface area (Å²) >= 11 is 0. The van der Waals surface area contributed by atoms with Gasteiger partial charge in [0.05, 0.1) is 5.56 Å². The van der Waals surface area contributed by atoms with Crippen LogP contribution in [0.5, 0.6) is 0 Å². The van der Waals surface area contributed by atoms with Crippen molar-refractivity contribution in [2.24, 2.45) is 0 Å². The summed E-state index contributed by atoms with van der Waals surface area (Å²) in [7, 11) is 0. The van der Waals surface area contributed by atoms with Crippen molar-refractivity contribution in [2.75, 3.05) is 0 Å². The van der Waals surface area contributed by atoms with Crippen LogP contribution in [0.3, 0.4) is 0 Å². The minimum absolute atomic E-state index is 0.263. The van der Waals surface area contributed by atoms with E-state index in [-0.39, 0.29) is 5.56 Å². The van der Waals surface area contributed by atoms with E-state index in [4.69, 9.17) is 4.52 Å².